The van der Waals surface area contributed by atoms with E-state index in [1.807, 2.05) is 19.6 Å². The van der Waals surface area contributed by atoms with Gasteiger partial charge in [-0.05, 0) is 44.4 Å². The average molecular weight is 243 g/mol. The van der Waals surface area contributed by atoms with Crippen molar-refractivity contribution < 1.29 is 9.22 Å². The topological polar surface area (TPSA) is 52.3 Å². The Morgan fingerprint density at radius 3 is 2.25 bits per heavy atom. The molecular formula is C12H25NO2Si. The zero-order valence-corrected chi connectivity index (χ0v) is 11.8. The quantitative estimate of drug-likeness (QED) is 0.772. The van der Waals surface area contributed by atoms with Gasteiger partial charge in [0.25, 0.3) is 5.97 Å². The van der Waals surface area contributed by atoms with Crippen molar-refractivity contribution in [2.24, 2.45) is 11.1 Å². The molecule has 1 rings (SSSR count). The van der Waals surface area contributed by atoms with E-state index in [-0.39, 0.29) is 11.4 Å². The minimum Gasteiger partial charge on any atom is -0.520 e. The lowest BCUT2D eigenvalue weighted by molar-refractivity contribution is -0.138. The molecule has 0 saturated heterocycles. The van der Waals surface area contributed by atoms with Gasteiger partial charge >= 0.3 is 0 Å². The average Bonchev–Trinajstić information content (AvgIpc) is 2.16. The smallest absolute Gasteiger partial charge is 0.293 e. The zero-order chi connectivity index (χ0) is 12.2. The first-order valence-corrected chi connectivity index (χ1v) is 9.70. The lowest BCUT2D eigenvalue weighted by Gasteiger charge is -2.36. The van der Waals surface area contributed by atoms with Crippen LogP contribution in [-0.2, 0) is 9.22 Å². The van der Waals surface area contributed by atoms with E-state index in [0.717, 1.165) is 12.8 Å². The second kappa shape index (κ2) is 5.32. The molecule has 0 radical (unpaired) electrons. The van der Waals surface area contributed by atoms with Gasteiger partial charge in [0.05, 0.1) is 6.42 Å². The molecule has 0 aromatic heterocycles. The van der Waals surface area contributed by atoms with Crippen molar-refractivity contribution in [2.75, 3.05) is 6.54 Å². The summed E-state index contributed by atoms with van der Waals surface area (Å²) in [6.45, 7) is 6.75. The summed E-state index contributed by atoms with van der Waals surface area (Å²) in [4.78, 5) is 11.8. The van der Waals surface area contributed by atoms with Crippen molar-refractivity contribution >= 4 is 14.3 Å². The van der Waals surface area contributed by atoms with E-state index in [1.54, 1.807) is 0 Å². The Kier molecular flexibility index (Phi) is 4.56. The molecule has 16 heavy (non-hydrogen) atoms. The third kappa shape index (κ3) is 4.26. The van der Waals surface area contributed by atoms with Gasteiger partial charge in [-0.2, -0.15) is 0 Å². The zero-order valence-electron chi connectivity index (χ0n) is 10.8. The van der Waals surface area contributed by atoms with E-state index < -0.39 is 8.32 Å². The number of rotatable bonds is 4. The Balaban J connectivity index is 2.52. The fraction of sp³-hybridized carbons (Fsp3) is 0.917. The molecular weight excluding hydrogens is 218 g/mol. The van der Waals surface area contributed by atoms with Crippen LogP contribution in [-0.4, -0.2) is 20.8 Å². The maximum absolute atomic E-state index is 11.8. The third-order valence-corrected chi connectivity index (χ3v) is 4.13. The highest BCUT2D eigenvalue weighted by molar-refractivity contribution is 6.71. The Bertz CT molecular complexity index is 242. The predicted molar refractivity (Wildman–Crippen MR) is 68.6 cm³/mol. The molecule has 94 valence electrons. The Morgan fingerprint density at radius 1 is 1.25 bits per heavy atom. The van der Waals surface area contributed by atoms with Crippen molar-refractivity contribution in [3.63, 3.8) is 0 Å². The summed E-state index contributed by atoms with van der Waals surface area (Å²) in [5.41, 5.74) is 5.89. The van der Waals surface area contributed by atoms with Gasteiger partial charge in [-0.25, -0.2) is 0 Å². The highest BCUT2D eigenvalue weighted by Crippen LogP contribution is 2.38. The third-order valence-electron chi connectivity index (χ3n) is 3.29. The first-order chi connectivity index (χ1) is 7.37. The highest BCUT2D eigenvalue weighted by atomic mass is 28.4. The number of hydrogen-bond donors (Lipinski definition) is 1. The fourth-order valence-corrected chi connectivity index (χ4v) is 3.19. The van der Waals surface area contributed by atoms with E-state index in [1.165, 1.54) is 19.3 Å². The molecule has 0 spiro atoms. The first kappa shape index (κ1) is 13.7. The minimum absolute atomic E-state index is 0.0356. The predicted octanol–water partition coefficient (Wildman–Crippen LogP) is 2.66. The molecule has 3 nitrogen and oxygen atoms in total. The second-order valence-electron chi connectivity index (χ2n) is 6.03. The van der Waals surface area contributed by atoms with Crippen LogP contribution in [0.25, 0.3) is 0 Å². The lowest BCUT2D eigenvalue weighted by atomic mass is 9.72. The van der Waals surface area contributed by atoms with Crippen LogP contribution in [0.1, 0.15) is 38.5 Å². The molecule has 2 N–H and O–H groups in total. The molecule has 1 fully saturated rings. The molecule has 0 unspecified atom stereocenters. The monoisotopic (exact) mass is 243 g/mol. The van der Waals surface area contributed by atoms with Crippen LogP contribution in [0, 0.1) is 5.41 Å². The molecule has 0 amide bonds. The van der Waals surface area contributed by atoms with Crippen molar-refractivity contribution in [3.8, 4) is 0 Å². The van der Waals surface area contributed by atoms with E-state index >= 15 is 0 Å². The summed E-state index contributed by atoms with van der Waals surface area (Å²) in [7, 11) is -1.74. The molecule has 0 atom stereocenters. The summed E-state index contributed by atoms with van der Waals surface area (Å²) in [5, 5.41) is 0. The van der Waals surface area contributed by atoms with Crippen LogP contribution < -0.4 is 5.73 Å². The van der Waals surface area contributed by atoms with Gasteiger partial charge in [0.1, 0.15) is 0 Å². The second-order valence-corrected chi connectivity index (χ2v) is 10.5. The SMILES string of the molecule is C[Si](C)(C)OC(=O)CC1(CN)CCCCC1. The van der Waals surface area contributed by atoms with Gasteiger partial charge in [0, 0.05) is 0 Å². The maximum atomic E-state index is 11.8. The largest absolute Gasteiger partial charge is 0.520 e. The molecule has 1 aliphatic carbocycles. The van der Waals surface area contributed by atoms with Crippen LogP contribution in [0.4, 0.5) is 0 Å². The van der Waals surface area contributed by atoms with Crippen molar-refractivity contribution in [1.82, 2.24) is 0 Å². The Labute approximate surface area is 99.9 Å². The van der Waals surface area contributed by atoms with E-state index in [0.29, 0.717) is 13.0 Å². The standard InChI is InChI=1S/C12H25NO2Si/c1-16(2,3)15-11(14)9-12(10-13)7-5-4-6-8-12/h4-10,13H2,1-3H3. The van der Waals surface area contributed by atoms with Crippen LogP contribution in [0.5, 0.6) is 0 Å². The lowest BCUT2D eigenvalue weighted by Crippen LogP contribution is -2.38. The fourth-order valence-electron chi connectivity index (χ4n) is 2.44. The normalized spacial score (nSPS) is 20.5. The molecule has 1 saturated carbocycles. The molecule has 4 heteroatoms. The summed E-state index contributed by atoms with van der Waals surface area (Å²) in [5.74, 6) is -0.0356. The molecule has 0 heterocycles. The van der Waals surface area contributed by atoms with Crippen molar-refractivity contribution in [2.45, 2.75) is 58.2 Å². The number of carbonyl (C=O) groups is 1. The Hall–Kier alpha value is -0.353. The van der Waals surface area contributed by atoms with Crippen molar-refractivity contribution in [3.05, 3.63) is 0 Å². The van der Waals surface area contributed by atoms with Gasteiger partial charge in [-0.15, -0.1) is 0 Å². The van der Waals surface area contributed by atoms with Crippen LogP contribution in [0.15, 0.2) is 0 Å². The van der Waals surface area contributed by atoms with Gasteiger partial charge in [-0.1, -0.05) is 19.3 Å². The van der Waals surface area contributed by atoms with Crippen LogP contribution in [0.3, 0.4) is 0 Å². The van der Waals surface area contributed by atoms with Crippen LogP contribution >= 0.6 is 0 Å². The highest BCUT2D eigenvalue weighted by Gasteiger charge is 2.34. The molecule has 0 aromatic carbocycles. The maximum Gasteiger partial charge on any atom is 0.293 e. The van der Waals surface area contributed by atoms with Crippen molar-refractivity contribution in [1.29, 1.82) is 0 Å². The number of hydrogen-bond acceptors (Lipinski definition) is 3. The first-order valence-electron chi connectivity index (χ1n) is 6.29. The van der Waals surface area contributed by atoms with E-state index in [2.05, 4.69) is 0 Å². The molecule has 0 aliphatic heterocycles. The molecule has 1 aliphatic rings. The van der Waals surface area contributed by atoms with Crippen LogP contribution in [0.2, 0.25) is 19.6 Å². The van der Waals surface area contributed by atoms with E-state index in [9.17, 15) is 4.79 Å². The minimum atomic E-state index is -1.74. The van der Waals surface area contributed by atoms with Gasteiger partial charge in [0.15, 0.2) is 0 Å². The number of nitrogens with two attached hydrogens (primary N) is 1. The molecule has 0 aromatic rings. The Morgan fingerprint density at radius 2 is 1.81 bits per heavy atom. The summed E-state index contributed by atoms with van der Waals surface area (Å²) in [6, 6.07) is 0. The summed E-state index contributed by atoms with van der Waals surface area (Å²) in [6.07, 6.45) is 6.39. The number of carbonyl (C=O) groups excluding carboxylic acids is 1. The molecule has 0 bridgehead atoms. The van der Waals surface area contributed by atoms with Gasteiger partial charge < -0.3 is 10.2 Å². The summed E-state index contributed by atoms with van der Waals surface area (Å²) >= 11 is 0. The summed E-state index contributed by atoms with van der Waals surface area (Å²) < 4.78 is 5.51. The van der Waals surface area contributed by atoms with Gasteiger partial charge in [-0.3, -0.25) is 4.79 Å². The van der Waals surface area contributed by atoms with E-state index in [4.69, 9.17) is 10.2 Å². The van der Waals surface area contributed by atoms with Gasteiger partial charge in [0.2, 0.25) is 8.32 Å².